The zero-order chi connectivity index (χ0) is 14.0. The second kappa shape index (κ2) is 6.02. The maximum Gasteiger partial charge on any atom is 0.337 e. The molecule has 19 heavy (non-hydrogen) atoms. The van der Waals surface area contributed by atoms with Crippen LogP contribution in [0.25, 0.3) is 0 Å². The van der Waals surface area contributed by atoms with Gasteiger partial charge in [-0.1, -0.05) is 15.9 Å². The average molecular weight is 392 g/mol. The molecule has 1 amide bonds. The fraction of sp³-hybridized carbons (Fsp3) is 0.333. The number of amides is 1. The van der Waals surface area contributed by atoms with Crippen molar-refractivity contribution in [2.24, 2.45) is 0 Å². The van der Waals surface area contributed by atoms with Crippen LogP contribution >= 0.6 is 31.9 Å². The Balaban J connectivity index is 2.28. The van der Waals surface area contributed by atoms with Crippen molar-refractivity contribution in [3.63, 3.8) is 0 Å². The van der Waals surface area contributed by atoms with Gasteiger partial charge in [0.2, 0.25) is 5.91 Å². The van der Waals surface area contributed by atoms with E-state index in [1.54, 1.807) is 6.07 Å². The normalized spacial score (nSPS) is 18.3. The molecule has 1 aromatic carbocycles. The Labute approximate surface area is 127 Å². The van der Waals surface area contributed by atoms with Crippen molar-refractivity contribution in [3.8, 4) is 0 Å². The lowest BCUT2D eigenvalue weighted by Crippen LogP contribution is -2.36. The predicted octanol–water partition coefficient (Wildman–Crippen LogP) is 2.60. The molecular weight excluding hydrogens is 380 g/mol. The summed E-state index contributed by atoms with van der Waals surface area (Å²) in [5.41, 5.74) is 0.335. The lowest BCUT2D eigenvalue weighted by atomic mass is 10.1. The minimum atomic E-state index is -1.09. The number of carboxylic acids is 1. The Morgan fingerprint density at radius 2 is 2.11 bits per heavy atom. The fourth-order valence-corrected chi connectivity index (χ4v) is 3.31. The monoisotopic (exact) mass is 390 g/mol. The molecule has 0 unspecified atom stereocenters. The van der Waals surface area contributed by atoms with E-state index in [0.717, 1.165) is 19.4 Å². The van der Waals surface area contributed by atoms with Crippen molar-refractivity contribution in [2.45, 2.75) is 18.9 Å². The first-order valence-corrected chi connectivity index (χ1v) is 7.34. The number of rotatable bonds is 3. The van der Waals surface area contributed by atoms with Crippen LogP contribution in [0.4, 0.5) is 5.69 Å². The molecule has 0 radical (unpaired) electrons. The number of hydrogen-bond donors (Lipinski definition) is 3. The number of anilines is 1. The predicted molar refractivity (Wildman–Crippen MR) is 78.5 cm³/mol. The van der Waals surface area contributed by atoms with Crippen LogP contribution in [0, 0.1) is 0 Å². The van der Waals surface area contributed by atoms with Gasteiger partial charge in [0.05, 0.1) is 17.3 Å². The smallest absolute Gasteiger partial charge is 0.337 e. The van der Waals surface area contributed by atoms with Crippen LogP contribution in [0.3, 0.4) is 0 Å². The third-order valence-electron chi connectivity index (χ3n) is 2.91. The molecule has 1 fully saturated rings. The summed E-state index contributed by atoms with van der Waals surface area (Å²) in [7, 11) is 0. The lowest BCUT2D eigenvalue weighted by molar-refractivity contribution is -0.117. The second-order valence-electron chi connectivity index (χ2n) is 4.25. The van der Waals surface area contributed by atoms with Crippen molar-refractivity contribution in [1.82, 2.24) is 5.32 Å². The average Bonchev–Trinajstić information content (AvgIpc) is 2.85. The van der Waals surface area contributed by atoms with E-state index in [0.29, 0.717) is 8.95 Å². The molecule has 2 rings (SSSR count). The molecule has 0 saturated carbocycles. The minimum absolute atomic E-state index is 0.0487. The number of carbonyl (C=O) groups is 2. The molecular formula is C12H12Br2N2O3. The van der Waals surface area contributed by atoms with Gasteiger partial charge in [0.15, 0.2) is 0 Å². The number of hydrogen-bond acceptors (Lipinski definition) is 3. The third kappa shape index (κ3) is 3.34. The molecule has 1 heterocycles. The summed E-state index contributed by atoms with van der Waals surface area (Å²) in [4.78, 5) is 23.2. The van der Waals surface area contributed by atoms with Gasteiger partial charge in [0.1, 0.15) is 0 Å². The molecule has 5 nitrogen and oxygen atoms in total. The third-order valence-corrected chi connectivity index (χ3v) is 3.99. The zero-order valence-corrected chi connectivity index (χ0v) is 13.0. The van der Waals surface area contributed by atoms with Crippen LogP contribution in [0.15, 0.2) is 21.1 Å². The molecule has 1 aliphatic heterocycles. The van der Waals surface area contributed by atoms with Gasteiger partial charge in [0.25, 0.3) is 0 Å². The van der Waals surface area contributed by atoms with Crippen molar-refractivity contribution in [2.75, 3.05) is 11.9 Å². The highest BCUT2D eigenvalue weighted by atomic mass is 79.9. The van der Waals surface area contributed by atoms with Gasteiger partial charge < -0.3 is 15.7 Å². The summed E-state index contributed by atoms with van der Waals surface area (Å²) < 4.78 is 1.17. The SMILES string of the molecule is O=C(O)c1cc(Br)cc(Br)c1NC(=O)[C@H]1CCCN1. The van der Waals surface area contributed by atoms with E-state index in [9.17, 15) is 14.7 Å². The van der Waals surface area contributed by atoms with E-state index in [1.807, 2.05) is 0 Å². The van der Waals surface area contributed by atoms with Crippen LogP contribution in [0.5, 0.6) is 0 Å². The molecule has 3 N–H and O–H groups in total. The van der Waals surface area contributed by atoms with Gasteiger partial charge in [-0.15, -0.1) is 0 Å². The molecule has 0 spiro atoms. The van der Waals surface area contributed by atoms with Crippen molar-refractivity contribution in [1.29, 1.82) is 0 Å². The van der Waals surface area contributed by atoms with Crippen molar-refractivity contribution in [3.05, 3.63) is 26.6 Å². The molecule has 0 bridgehead atoms. The van der Waals surface area contributed by atoms with Gasteiger partial charge in [0, 0.05) is 8.95 Å². The summed E-state index contributed by atoms with van der Waals surface area (Å²) in [6.45, 7) is 0.811. The van der Waals surface area contributed by atoms with Crippen LogP contribution < -0.4 is 10.6 Å². The van der Waals surface area contributed by atoms with Gasteiger partial charge in [-0.05, 0) is 47.4 Å². The van der Waals surface area contributed by atoms with E-state index < -0.39 is 5.97 Å². The summed E-state index contributed by atoms with van der Waals surface area (Å²) in [5.74, 6) is -1.29. The number of nitrogens with one attached hydrogen (secondary N) is 2. The van der Waals surface area contributed by atoms with Crippen molar-refractivity contribution >= 4 is 49.4 Å². The van der Waals surface area contributed by atoms with Gasteiger partial charge >= 0.3 is 5.97 Å². The topological polar surface area (TPSA) is 78.4 Å². The first-order valence-electron chi connectivity index (χ1n) is 5.75. The molecule has 7 heteroatoms. The van der Waals surface area contributed by atoms with Gasteiger partial charge in [-0.25, -0.2) is 4.79 Å². The molecule has 0 aliphatic carbocycles. The summed E-state index contributed by atoms with van der Waals surface area (Å²) >= 11 is 6.50. The number of benzene rings is 1. The van der Waals surface area contributed by atoms with Crippen molar-refractivity contribution < 1.29 is 14.7 Å². The van der Waals surface area contributed by atoms with E-state index in [1.165, 1.54) is 6.07 Å². The number of carboxylic acid groups (broad SMARTS) is 1. The Morgan fingerprint density at radius 1 is 1.37 bits per heavy atom. The van der Waals surface area contributed by atoms with E-state index in [4.69, 9.17) is 0 Å². The summed E-state index contributed by atoms with van der Waals surface area (Å²) in [6.07, 6.45) is 1.72. The highest BCUT2D eigenvalue weighted by Gasteiger charge is 2.24. The molecule has 0 aromatic heterocycles. The second-order valence-corrected chi connectivity index (χ2v) is 6.02. The summed E-state index contributed by atoms with van der Waals surface area (Å²) in [5, 5.41) is 14.9. The number of halogens is 2. The Kier molecular flexibility index (Phi) is 4.59. The Morgan fingerprint density at radius 3 is 2.68 bits per heavy atom. The fourth-order valence-electron chi connectivity index (χ4n) is 1.99. The van der Waals surface area contributed by atoms with Crippen LogP contribution in [0.1, 0.15) is 23.2 Å². The lowest BCUT2D eigenvalue weighted by Gasteiger charge is -2.14. The largest absolute Gasteiger partial charge is 0.478 e. The highest BCUT2D eigenvalue weighted by Crippen LogP contribution is 2.31. The first kappa shape index (κ1) is 14.5. The van der Waals surface area contributed by atoms with Crippen LogP contribution in [-0.2, 0) is 4.79 Å². The van der Waals surface area contributed by atoms with E-state index in [-0.39, 0.29) is 23.2 Å². The summed E-state index contributed by atoms with van der Waals surface area (Å²) in [6, 6.07) is 2.91. The van der Waals surface area contributed by atoms with Crippen LogP contribution in [0.2, 0.25) is 0 Å². The van der Waals surface area contributed by atoms with Crippen LogP contribution in [-0.4, -0.2) is 29.6 Å². The number of carbonyl (C=O) groups excluding carboxylic acids is 1. The quantitative estimate of drug-likeness (QED) is 0.739. The molecule has 102 valence electrons. The van der Waals surface area contributed by atoms with Gasteiger partial charge in [-0.3, -0.25) is 4.79 Å². The standard InChI is InChI=1S/C12H12Br2N2O3/c13-6-4-7(12(18)19)10(8(14)5-6)16-11(17)9-2-1-3-15-9/h4-5,9,15H,1-3H2,(H,16,17)(H,18,19)/t9-/m1/s1. The Bertz CT molecular complexity index is 528. The van der Waals surface area contributed by atoms with E-state index >= 15 is 0 Å². The number of aromatic carboxylic acids is 1. The van der Waals surface area contributed by atoms with E-state index in [2.05, 4.69) is 42.5 Å². The Hall–Kier alpha value is -0.920. The molecule has 1 aromatic rings. The molecule has 1 atom stereocenters. The molecule has 1 saturated heterocycles. The zero-order valence-electron chi connectivity index (χ0n) is 9.87. The highest BCUT2D eigenvalue weighted by molar-refractivity contribution is 9.11. The first-order chi connectivity index (χ1) is 8.99. The minimum Gasteiger partial charge on any atom is -0.478 e. The van der Waals surface area contributed by atoms with Gasteiger partial charge in [-0.2, -0.15) is 0 Å². The maximum atomic E-state index is 12.0. The molecule has 1 aliphatic rings. The maximum absolute atomic E-state index is 12.0.